The van der Waals surface area contributed by atoms with E-state index >= 15 is 0 Å². The zero-order valence-electron chi connectivity index (χ0n) is 16.9. The molecular weight excluding hydrogens is 356 g/mol. The molecule has 8 nitrogen and oxygen atoms in total. The summed E-state index contributed by atoms with van der Waals surface area (Å²) in [7, 11) is 1.90. The first-order valence-corrected chi connectivity index (χ1v) is 10.5. The Balaban J connectivity index is 1.61. The number of carbonyl (C=O) groups excluding carboxylic acids is 1. The van der Waals surface area contributed by atoms with Crippen LogP contribution >= 0.6 is 0 Å². The van der Waals surface area contributed by atoms with Gasteiger partial charge >= 0.3 is 5.97 Å². The molecule has 1 saturated carbocycles. The maximum absolute atomic E-state index is 12.2. The van der Waals surface area contributed by atoms with E-state index in [4.69, 9.17) is 14.7 Å². The lowest BCUT2D eigenvalue weighted by atomic mass is 9.95. The van der Waals surface area contributed by atoms with Crippen molar-refractivity contribution < 1.29 is 9.53 Å². The van der Waals surface area contributed by atoms with Gasteiger partial charge in [-0.25, -0.2) is 0 Å². The topological polar surface area (TPSA) is 85.2 Å². The van der Waals surface area contributed by atoms with Gasteiger partial charge in [-0.3, -0.25) is 9.48 Å². The lowest BCUT2D eigenvalue weighted by Crippen LogP contribution is -2.40. The molecule has 4 rings (SSSR count). The Labute approximate surface area is 165 Å². The average Bonchev–Trinajstić information content (AvgIpc) is 3.10. The van der Waals surface area contributed by atoms with Crippen molar-refractivity contribution in [2.75, 3.05) is 29.9 Å². The van der Waals surface area contributed by atoms with Gasteiger partial charge in [0.15, 0.2) is 5.65 Å². The summed E-state index contributed by atoms with van der Waals surface area (Å²) in [5.41, 5.74) is 0.821. The Morgan fingerprint density at radius 3 is 2.82 bits per heavy atom. The highest BCUT2D eigenvalue weighted by atomic mass is 16.5. The van der Waals surface area contributed by atoms with Gasteiger partial charge in [0.05, 0.1) is 24.1 Å². The lowest BCUT2D eigenvalue weighted by Gasteiger charge is -2.32. The van der Waals surface area contributed by atoms with Crippen molar-refractivity contribution in [1.29, 1.82) is 0 Å². The normalized spacial score (nSPS) is 21.1. The third kappa shape index (κ3) is 3.91. The fourth-order valence-corrected chi connectivity index (χ4v) is 4.31. The molecule has 152 valence electrons. The van der Waals surface area contributed by atoms with Crippen molar-refractivity contribution >= 4 is 28.8 Å². The number of fused-ring (bicyclic) bond motifs is 1. The number of piperidine rings is 1. The number of anilines is 2. The largest absolute Gasteiger partial charge is 0.466 e. The lowest BCUT2D eigenvalue weighted by molar-refractivity contribution is -0.148. The van der Waals surface area contributed by atoms with Gasteiger partial charge in [-0.05, 0) is 32.6 Å². The van der Waals surface area contributed by atoms with E-state index in [-0.39, 0.29) is 11.9 Å². The Morgan fingerprint density at radius 1 is 1.21 bits per heavy atom. The molecule has 28 heavy (non-hydrogen) atoms. The molecule has 3 heterocycles. The van der Waals surface area contributed by atoms with E-state index in [0.29, 0.717) is 25.1 Å². The summed E-state index contributed by atoms with van der Waals surface area (Å²) in [6.45, 7) is 3.72. The van der Waals surface area contributed by atoms with Gasteiger partial charge in [0, 0.05) is 26.2 Å². The molecule has 0 unspecified atom stereocenters. The number of aromatic nitrogens is 4. The van der Waals surface area contributed by atoms with Gasteiger partial charge in [0.25, 0.3) is 0 Å². The molecule has 1 atom stereocenters. The first-order chi connectivity index (χ1) is 13.7. The Morgan fingerprint density at radius 2 is 2.04 bits per heavy atom. The Hall–Kier alpha value is -2.38. The monoisotopic (exact) mass is 386 g/mol. The van der Waals surface area contributed by atoms with Crippen LogP contribution in [0.1, 0.15) is 51.9 Å². The number of rotatable bonds is 5. The Kier molecular flexibility index (Phi) is 5.64. The number of hydrogen-bond donors (Lipinski definition) is 1. The molecule has 0 bridgehead atoms. The third-order valence-corrected chi connectivity index (χ3v) is 5.85. The highest BCUT2D eigenvalue weighted by molar-refractivity contribution is 5.87. The van der Waals surface area contributed by atoms with Crippen LogP contribution in [-0.2, 0) is 16.6 Å². The number of ether oxygens (including phenoxy) is 1. The Bertz CT molecular complexity index is 829. The minimum atomic E-state index is -0.116. The predicted molar refractivity (Wildman–Crippen MR) is 108 cm³/mol. The predicted octanol–water partition coefficient (Wildman–Crippen LogP) is 2.89. The maximum Gasteiger partial charge on any atom is 0.310 e. The van der Waals surface area contributed by atoms with Crippen molar-refractivity contribution in [3.8, 4) is 0 Å². The zero-order chi connectivity index (χ0) is 19.5. The van der Waals surface area contributed by atoms with Crippen molar-refractivity contribution in [2.24, 2.45) is 13.0 Å². The first-order valence-electron chi connectivity index (χ1n) is 10.5. The van der Waals surface area contributed by atoms with Crippen LogP contribution in [0.4, 0.5) is 11.8 Å². The third-order valence-electron chi connectivity index (χ3n) is 5.85. The summed E-state index contributed by atoms with van der Waals surface area (Å²) >= 11 is 0. The van der Waals surface area contributed by atoms with Gasteiger partial charge in [-0.1, -0.05) is 19.3 Å². The van der Waals surface area contributed by atoms with Crippen molar-refractivity contribution in [1.82, 2.24) is 19.7 Å². The van der Waals surface area contributed by atoms with Gasteiger partial charge in [0.2, 0.25) is 5.95 Å². The minimum Gasteiger partial charge on any atom is -0.466 e. The minimum absolute atomic E-state index is 0.116. The molecule has 2 aromatic heterocycles. The van der Waals surface area contributed by atoms with E-state index < -0.39 is 0 Å². The molecule has 0 amide bonds. The summed E-state index contributed by atoms with van der Waals surface area (Å²) in [6, 6.07) is 0.452. The van der Waals surface area contributed by atoms with Crippen molar-refractivity contribution in [3.63, 3.8) is 0 Å². The van der Waals surface area contributed by atoms with Gasteiger partial charge in [-0.15, -0.1) is 0 Å². The average molecular weight is 387 g/mol. The number of esters is 1. The van der Waals surface area contributed by atoms with E-state index in [0.717, 1.165) is 36.2 Å². The van der Waals surface area contributed by atoms with Crippen molar-refractivity contribution in [2.45, 2.75) is 57.9 Å². The number of nitrogens with zero attached hydrogens (tertiary/aromatic N) is 5. The molecule has 2 aromatic rings. The highest BCUT2D eigenvalue weighted by Crippen LogP contribution is 2.29. The molecule has 1 saturated heterocycles. The van der Waals surface area contributed by atoms with Crippen LogP contribution < -0.4 is 10.2 Å². The molecule has 8 heteroatoms. The number of carbonyl (C=O) groups is 1. The summed E-state index contributed by atoms with van der Waals surface area (Å²) in [5, 5.41) is 8.99. The van der Waals surface area contributed by atoms with Crippen molar-refractivity contribution in [3.05, 3.63) is 6.20 Å². The molecule has 0 spiro atoms. The van der Waals surface area contributed by atoms with Crippen LogP contribution in [0, 0.1) is 5.92 Å². The van der Waals surface area contributed by atoms with Gasteiger partial charge in [0.1, 0.15) is 5.82 Å². The van der Waals surface area contributed by atoms with E-state index in [1.807, 2.05) is 20.2 Å². The van der Waals surface area contributed by atoms with Crippen LogP contribution in [0.3, 0.4) is 0 Å². The molecule has 1 aliphatic carbocycles. The summed E-state index contributed by atoms with van der Waals surface area (Å²) in [5.74, 6) is 1.30. The van der Waals surface area contributed by atoms with E-state index in [9.17, 15) is 4.79 Å². The number of nitrogens with one attached hydrogen (secondary N) is 1. The highest BCUT2D eigenvalue weighted by Gasteiger charge is 2.29. The second-order valence-corrected chi connectivity index (χ2v) is 7.89. The summed E-state index contributed by atoms with van der Waals surface area (Å²) in [6.07, 6.45) is 9.82. The van der Waals surface area contributed by atoms with E-state index in [1.165, 1.54) is 32.1 Å². The fraction of sp³-hybridized carbons (Fsp3) is 0.700. The first kappa shape index (κ1) is 19.0. The van der Waals surface area contributed by atoms with Gasteiger partial charge < -0.3 is 15.0 Å². The molecule has 2 aliphatic rings. The quantitative estimate of drug-likeness (QED) is 0.791. The van der Waals surface area contributed by atoms with E-state index in [1.54, 1.807) is 4.68 Å². The number of hydrogen-bond acceptors (Lipinski definition) is 7. The summed E-state index contributed by atoms with van der Waals surface area (Å²) in [4.78, 5) is 24.0. The van der Waals surface area contributed by atoms with Crippen LogP contribution in [0.2, 0.25) is 0 Å². The molecule has 0 radical (unpaired) electrons. The second kappa shape index (κ2) is 8.32. The standard InChI is InChI=1S/C20H30N6O2/c1-3-28-19(27)14-8-7-11-26(13-14)20-23-17(22-15-9-5-4-6-10-15)16-12-21-25(2)18(16)24-20/h12,14-15H,3-11,13H2,1-2H3,(H,22,23,24)/t14-/m0/s1. The molecule has 2 fully saturated rings. The van der Waals surface area contributed by atoms with Crippen LogP contribution in [0.15, 0.2) is 6.20 Å². The van der Waals surface area contributed by atoms with Crippen LogP contribution in [0.25, 0.3) is 11.0 Å². The fourth-order valence-electron chi connectivity index (χ4n) is 4.31. The molecule has 1 aliphatic heterocycles. The SMILES string of the molecule is CCOC(=O)[C@H]1CCCN(c2nc(NC3CCCCC3)c3cnn(C)c3n2)C1. The zero-order valence-corrected chi connectivity index (χ0v) is 16.9. The van der Waals surface area contributed by atoms with Crippen LogP contribution in [-0.4, -0.2) is 51.5 Å². The maximum atomic E-state index is 12.2. The number of aryl methyl sites for hydroxylation is 1. The summed E-state index contributed by atoms with van der Waals surface area (Å²) < 4.78 is 7.02. The second-order valence-electron chi connectivity index (χ2n) is 7.89. The molecule has 0 aromatic carbocycles. The van der Waals surface area contributed by atoms with Crippen LogP contribution in [0.5, 0.6) is 0 Å². The molecular formula is C20H30N6O2. The van der Waals surface area contributed by atoms with Gasteiger partial charge in [-0.2, -0.15) is 15.1 Å². The van der Waals surface area contributed by atoms with E-state index in [2.05, 4.69) is 15.3 Å². The molecule has 1 N–H and O–H groups in total. The smallest absolute Gasteiger partial charge is 0.310 e.